The molecule has 1 amide bonds. The Hall–Kier alpha value is -1.36. The number of hydrogen-bond donors (Lipinski definition) is 2. The zero-order valence-electron chi connectivity index (χ0n) is 9.23. The van der Waals surface area contributed by atoms with Gasteiger partial charge in [-0.15, -0.1) is 0 Å². The van der Waals surface area contributed by atoms with Gasteiger partial charge in [0.05, 0.1) is 18.2 Å². The molecule has 0 aromatic carbocycles. The molecule has 84 valence electrons. The lowest BCUT2D eigenvalue weighted by Gasteiger charge is -2.16. The maximum atomic E-state index is 11.3. The number of imidazole rings is 1. The van der Waals surface area contributed by atoms with Crippen LogP contribution in [0.2, 0.25) is 0 Å². The molecule has 0 aliphatic rings. The molecule has 0 bridgehead atoms. The van der Waals surface area contributed by atoms with Gasteiger partial charge < -0.3 is 15.6 Å². The Balaban J connectivity index is 2.89. The first-order valence-corrected chi connectivity index (χ1v) is 5.23. The number of hydrogen-bond acceptors (Lipinski definition) is 3. The van der Waals surface area contributed by atoms with Crippen molar-refractivity contribution in [2.75, 3.05) is 6.54 Å². The molecule has 3 N–H and O–H groups in total. The van der Waals surface area contributed by atoms with Gasteiger partial charge in [-0.1, -0.05) is 13.8 Å². The summed E-state index contributed by atoms with van der Waals surface area (Å²) in [5, 5.41) is 3.05. The van der Waals surface area contributed by atoms with Crippen LogP contribution in [0.4, 0.5) is 0 Å². The van der Waals surface area contributed by atoms with Crippen LogP contribution in [-0.2, 0) is 11.3 Å². The number of nitrogens with one attached hydrogen (secondary N) is 1. The summed E-state index contributed by atoms with van der Waals surface area (Å²) in [5.74, 6) is -0.366. The van der Waals surface area contributed by atoms with Gasteiger partial charge in [0.1, 0.15) is 6.04 Å². The lowest BCUT2D eigenvalue weighted by Crippen LogP contribution is -2.34. The maximum absolute atomic E-state index is 11.3. The van der Waals surface area contributed by atoms with E-state index in [1.165, 1.54) is 0 Å². The van der Waals surface area contributed by atoms with Gasteiger partial charge in [0.15, 0.2) is 0 Å². The Bertz CT molecular complexity index is 321. The average Bonchev–Trinajstić information content (AvgIpc) is 2.62. The molecule has 0 aliphatic carbocycles. The standard InChI is InChI=1S/C10H18N4O/c1-3-5-14-7-12-6-8(14)9(10(11)15)13-4-2/h6-7,9,13H,3-5H2,1-2H3,(H2,11,15). The van der Waals surface area contributed by atoms with Gasteiger partial charge in [-0.3, -0.25) is 4.79 Å². The summed E-state index contributed by atoms with van der Waals surface area (Å²) in [6, 6.07) is -0.441. The van der Waals surface area contributed by atoms with Crippen molar-refractivity contribution in [1.29, 1.82) is 0 Å². The average molecular weight is 210 g/mol. The van der Waals surface area contributed by atoms with Crippen LogP contribution in [0, 0.1) is 0 Å². The summed E-state index contributed by atoms with van der Waals surface area (Å²) >= 11 is 0. The molecule has 1 aromatic rings. The van der Waals surface area contributed by atoms with Gasteiger partial charge in [-0.05, 0) is 13.0 Å². The molecule has 0 aliphatic heterocycles. The van der Waals surface area contributed by atoms with Crippen molar-refractivity contribution in [3.8, 4) is 0 Å². The van der Waals surface area contributed by atoms with E-state index in [1.54, 1.807) is 12.5 Å². The Morgan fingerprint density at radius 1 is 1.67 bits per heavy atom. The first-order chi connectivity index (χ1) is 7.20. The van der Waals surface area contributed by atoms with Crippen LogP contribution in [0.5, 0.6) is 0 Å². The van der Waals surface area contributed by atoms with Crippen LogP contribution in [0.3, 0.4) is 0 Å². The second-order valence-electron chi connectivity index (χ2n) is 3.40. The van der Waals surface area contributed by atoms with Crippen LogP contribution >= 0.6 is 0 Å². The Morgan fingerprint density at radius 3 is 2.93 bits per heavy atom. The normalized spacial score (nSPS) is 12.7. The van der Waals surface area contributed by atoms with Crippen molar-refractivity contribution in [3.05, 3.63) is 18.2 Å². The summed E-state index contributed by atoms with van der Waals surface area (Å²) in [4.78, 5) is 15.3. The van der Waals surface area contributed by atoms with E-state index in [2.05, 4.69) is 17.2 Å². The molecule has 5 nitrogen and oxygen atoms in total. The first-order valence-electron chi connectivity index (χ1n) is 5.23. The van der Waals surface area contributed by atoms with Gasteiger partial charge in [-0.25, -0.2) is 4.98 Å². The van der Waals surface area contributed by atoms with E-state index in [1.807, 2.05) is 11.5 Å². The monoisotopic (exact) mass is 210 g/mol. The fourth-order valence-corrected chi connectivity index (χ4v) is 1.55. The molecule has 1 unspecified atom stereocenters. The van der Waals surface area contributed by atoms with Crippen molar-refractivity contribution >= 4 is 5.91 Å². The molecule has 15 heavy (non-hydrogen) atoms. The number of aryl methyl sites for hydroxylation is 1. The van der Waals surface area contributed by atoms with E-state index < -0.39 is 6.04 Å². The van der Waals surface area contributed by atoms with Crippen LogP contribution in [-0.4, -0.2) is 22.0 Å². The van der Waals surface area contributed by atoms with Gasteiger partial charge in [0.25, 0.3) is 0 Å². The minimum atomic E-state index is -0.441. The van der Waals surface area contributed by atoms with Crippen LogP contribution in [0.15, 0.2) is 12.5 Å². The van der Waals surface area contributed by atoms with Crippen molar-refractivity contribution in [2.45, 2.75) is 32.9 Å². The van der Waals surface area contributed by atoms with Crippen molar-refractivity contribution in [2.24, 2.45) is 5.73 Å². The van der Waals surface area contributed by atoms with Crippen molar-refractivity contribution < 1.29 is 4.79 Å². The van der Waals surface area contributed by atoms with Gasteiger partial charge >= 0.3 is 0 Å². The fourth-order valence-electron chi connectivity index (χ4n) is 1.55. The lowest BCUT2D eigenvalue weighted by molar-refractivity contribution is -0.120. The van der Waals surface area contributed by atoms with Crippen molar-refractivity contribution in [1.82, 2.24) is 14.9 Å². The Labute approximate surface area is 89.7 Å². The molecular formula is C10H18N4O. The molecule has 1 aromatic heterocycles. The quantitative estimate of drug-likeness (QED) is 0.715. The third kappa shape index (κ3) is 2.79. The molecule has 5 heteroatoms. The summed E-state index contributed by atoms with van der Waals surface area (Å²) in [6.07, 6.45) is 4.42. The highest BCUT2D eigenvalue weighted by atomic mass is 16.1. The Kier molecular flexibility index (Phi) is 4.30. The van der Waals surface area contributed by atoms with E-state index in [0.29, 0.717) is 6.54 Å². The summed E-state index contributed by atoms with van der Waals surface area (Å²) in [7, 11) is 0. The van der Waals surface area contributed by atoms with E-state index in [4.69, 9.17) is 5.73 Å². The van der Waals surface area contributed by atoms with Crippen LogP contribution in [0.1, 0.15) is 32.0 Å². The smallest absolute Gasteiger partial charge is 0.240 e. The highest BCUT2D eigenvalue weighted by Gasteiger charge is 2.19. The van der Waals surface area contributed by atoms with Gasteiger partial charge in [-0.2, -0.15) is 0 Å². The molecule has 0 saturated heterocycles. The maximum Gasteiger partial charge on any atom is 0.240 e. The van der Waals surface area contributed by atoms with Gasteiger partial charge in [0.2, 0.25) is 5.91 Å². The molecule has 0 spiro atoms. The number of carbonyl (C=O) groups is 1. The van der Waals surface area contributed by atoms with Gasteiger partial charge in [0, 0.05) is 6.54 Å². The summed E-state index contributed by atoms with van der Waals surface area (Å²) in [6.45, 7) is 5.57. The summed E-state index contributed by atoms with van der Waals surface area (Å²) in [5.41, 5.74) is 6.18. The van der Waals surface area contributed by atoms with Crippen LogP contribution < -0.4 is 11.1 Å². The molecule has 0 radical (unpaired) electrons. The molecule has 0 saturated carbocycles. The number of amides is 1. The number of nitrogens with zero attached hydrogens (tertiary/aromatic N) is 2. The number of carbonyl (C=O) groups excluding carboxylic acids is 1. The second-order valence-corrected chi connectivity index (χ2v) is 3.40. The fraction of sp³-hybridized carbons (Fsp3) is 0.600. The largest absolute Gasteiger partial charge is 0.368 e. The minimum Gasteiger partial charge on any atom is -0.368 e. The molecule has 1 heterocycles. The third-order valence-corrected chi connectivity index (χ3v) is 2.20. The topological polar surface area (TPSA) is 72.9 Å². The number of aromatic nitrogens is 2. The number of likely N-dealkylation sites (N-methyl/N-ethyl adjacent to an activating group) is 1. The zero-order valence-corrected chi connectivity index (χ0v) is 9.23. The van der Waals surface area contributed by atoms with E-state index in [0.717, 1.165) is 18.7 Å². The Morgan fingerprint density at radius 2 is 2.40 bits per heavy atom. The van der Waals surface area contributed by atoms with Crippen molar-refractivity contribution in [3.63, 3.8) is 0 Å². The first kappa shape index (κ1) is 11.7. The van der Waals surface area contributed by atoms with E-state index >= 15 is 0 Å². The molecular weight excluding hydrogens is 192 g/mol. The zero-order chi connectivity index (χ0) is 11.3. The van der Waals surface area contributed by atoms with Crippen LogP contribution in [0.25, 0.3) is 0 Å². The SMILES string of the molecule is CCCn1cncc1C(NCC)C(N)=O. The summed E-state index contributed by atoms with van der Waals surface area (Å²) < 4.78 is 1.96. The molecule has 1 rings (SSSR count). The molecule has 0 fully saturated rings. The lowest BCUT2D eigenvalue weighted by atomic mass is 10.2. The van der Waals surface area contributed by atoms with E-state index in [9.17, 15) is 4.79 Å². The molecule has 1 atom stereocenters. The highest BCUT2D eigenvalue weighted by molar-refractivity contribution is 5.80. The number of rotatable bonds is 6. The number of nitrogens with two attached hydrogens (primary N) is 1. The number of primary amides is 1. The third-order valence-electron chi connectivity index (χ3n) is 2.20. The minimum absolute atomic E-state index is 0.366. The van der Waals surface area contributed by atoms with E-state index in [-0.39, 0.29) is 5.91 Å². The predicted octanol–water partition coefficient (Wildman–Crippen LogP) is 0.429. The second kappa shape index (κ2) is 5.50. The predicted molar refractivity (Wildman–Crippen MR) is 58.1 cm³/mol. The highest BCUT2D eigenvalue weighted by Crippen LogP contribution is 2.12.